The van der Waals surface area contributed by atoms with Crippen molar-refractivity contribution < 1.29 is 0 Å². The number of hydrogen-bond donors (Lipinski definition) is 0. The van der Waals surface area contributed by atoms with Crippen LogP contribution in [0.4, 0.5) is 0 Å². The third kappa shape index (κ3) is 1.70. The van der Waals surface area contributed by atoms with E-state index in [1.807, 2.05) is 55.5 Å². The van der Waals surface area contributed by atoms with Gasteiger partial charge in [-0.15, -0.1) is 0 Å². The second kappa shape index (κ2) is 4.11. The number of hydrogen-bond acceptors (Lipinski definition) is 2. The molecule has 2 aromatic carbocycles. The van der Waals surface area contributed by atoms with E-state index in [2.05, 4.69) is 4.98 Å². The summed E-state index contributed by atoms with van der Waals surface area (Å²) in [6.45, 7) is 1.99. The highest BCUT2D eigenvalue weighted by molar-refractivity contribution is 5.78. The molecular formula is C15H12N2O. The lowest BCUT2D eigenvalue weighted by atomic mass is 10.2. The lowest BCUT2D eigenvalue weighted by molar-refractivity contribution is 0.963. The van der Waals surface area contributed by atoms with Crippen molar-refractivity contribution in [3.63, 3.8) is 0 Å². The van der Waals surface area contributed by atoms with Gasteiger partial charge in [0.15, 0.2) is 0 Å². The smallest absolute Gasteiger partial charge is 0.265 e. The Morgan fingerprint density at radius 1 is 1.06 bits per heavy atom. The highest BCUT2D eigenvalue weighted by atomic mass is 16.1. The maximum absolute atomic E-state index is 12.4. The summed E-state index contributed by atoms with van der Waals surface area (Å²) in [6.07, 6.45) is 1.58. The Kier molecular flexibility index (Phi) is 2.45. The molecule has 0 saturated heterocycles. The van der Waals surface area contributed by atoms with Crippen LogP contribution in [0.5, 0.6) is 0 Å². The molecule has 0 aliphatic carbocycles. The van der Waals surface area contributed by atoms with Gasteiger partial charge >= 0.3 is 0 Å². The van der Waals surface area contributed by atoms with Gasteiger partial charge in [0.2, 0.25) is 0 Å². The minimum atomic E-state index is -0.0359. The van der Waals surface area contributed by atoms with Crippen LogP contribution in [-0.2, 0) is 0 Å². The maximum Gasteiger partial charge on any atom is 0.265 e. The van der Waals surface area contributed by atoms with Crippen LogP contribution in [0.15, 0.2) is 59.7 Å². The van der Waals surface area contributed by atoms with E-state index in [-0.39, 0.29) is 5.56 Å². The van der Waals surface area contributed by atoms with E-state index in [1.165, 1.54) is 0 Å². The molecule has 0 N–H and O–H groups in total. The van der Waals surface area contributed by atoms with Gasteiger partial charge in [-0.1, -0.05) is 24.3 Å². The Hall–Kier alpha value is -2.42. The maximum atomic E-state index is 12.4. The van der Waals surface area contributed by atoms with Gasteiger partial charge in [0, 0.05) is 0 Å². The molecule has 0 unspecified atom stereocenters. The highest BCUT2D eigenvalue weighted by Crippen LogP contribution is 2.11. The first-order valence-corrected chi connectivity index (χ1v) is 5.79. The summed E-state index contributed by atoms with van der Waals surface area (Å²) < 4.78 is 1.57. The lowest BCUT2D eigenvalue weighted by Gasteiger charge is -2.06. The van der Waals surface area contributed by atoms with Crippen molar-refractivity contribution >= 4 is 10.9 Å². The topological polar surface area (TPSA) is 34.9 Å². The van der Waals surface area contributed by atoms with Gasteiger partial charge in [-0.05, 0) is 36.8 Å². The van der Waals surface area contributed by atoms with Crippen molar-refractivity contribution in [2.75, 3.05) is 0 Å². The van der Waals surface area contributed by atoms with Crippen molar-refractivity contribution in [3.8, 4) is 5.69 Å². The first-order valence-electron chi connectivity index (χ1n) is 5.79. The molecule has 3 rings (SSSR count). The molecule has 0 spiro atoms. The third-order valence-corrected chi connectivity index (χ3v) is 2.95. The lowest BCUT2D eigenvalue weighted by Crippen LogP contribution is -2.18. The third-order valence-electron chi connectivity index (χ3n) is 2.95. The van der Waals surface area contributed by atoms with E-state index in [0.29, 0.717) is 5.39 Å². The molecule has 0 radical (unpaired) electrons. The number of nitrogens with zero attached hydrogens (tertiary/aromatic N) is 2. The normalized spacial score (nSPS) is 10.7. The number of para-hydroxylation sites is 1. The second-order valence-corrected chi connectivity index (χ2v) is 4.28. The summed E-state index contributed by atoms with van der Waals surface area (Å²) in [5.41, 5.74) is 2.64. The molecule has 0 aliphatic rings. The van der Waals surface area contributed by atoms with Crippen molar-refractivity contribution in [1.29, 1.82) is 0 Å². The quantitative estimate of drug-likeness (QED) is 0.651. The summed E-state index contributed by atoms with van der Waals surface area (Å²) in [4.78, 5) is 16.7. The molecule has 0 bridgehead atoms. The standard InChI is InChI=1S/C15H12N2O/c1-11-7-8-13-14(9-11)16-10-17(15(13)18)12-5-3-2-4-6-12/h2-10H,1H3. The molecule has 1 aromatic heterocycles. The molecule has 18 heavy (non-hydrogen) atoms. The molecule has 0 aliphatic heterocycles. The molecule has 3 heteroatoms. The highest BCUT2D eigenvalue weighted by Gasteiger charge is 2.05. The predicted octanol–water partition coefficient (Wildman–Crippen LogP) is 2.69. The summed E-state index contributed by atoms with van der Waals surface area (Å²) >= 11 is 0. The van der Waals surface area contributed by atoms with E-state index in [1.54, 1.807) is 10.9 Å². The van der Waals surface area contributed by atoms with Crippen molar-refractivity contribution in [1.82, 2.24) is 9.55 Å². The van der Waals surface area contributed by atoms with Crippen molar-refractivity contribution in [2.24, 2.45) is 0 Å². The van der Waals surface area contributed by atoms with Crippen LogP contribution in [0.1, 0.15) is 5.56 Å². The fourth-order valence-electron chi connectivity index (χ4n) is 2.00. The van der Waals surface area contributed by atoms with Crippen LogP contribution >= 0.6 is 0 Å². The van der Waals surface area contributed by atoms with Gasteiger partial charge in [-0.2, -0.15) is 0 Å². The van der Waals surface area contributed by atoms with Gasteiger partial charge in [0.1, 0.15) is 6.33 Å². The zero-order valence-corrected chi connectivity index (χ0v) is 10.00. The Morgan fingerprint density at radius 3 is 2.61 bits per heavy atom. The Morgan fingerprint density at radius 2 is 1.83 bits per heavy atom. The number of rotatable bonds is 1. The van der Waals surface area contributed by atoms with E-state index >= 15 is 0 Å². The van der Waals surface area contributed by atoms with E-state index in [4.69, 9.17) is 0 Å². The second-order valence-electron chi connectivity index (χ2n) is 4.28. The molecule has 0 saturated carbocycles. The fourth-order valence-corrected chi connectivity index (χ4v) is 2.00. The molecule has 0 atom stereocenters. The zero-order chi connectivity index (χ0) is 12.5. The Bertz CT molecular complexity index is 760. The van der Waals surface area contributed by atoms with Gasteiger partial charge in [0.25, 0.3) is 5.56 Å². The van der Waals surface area contributed by atoms with Crippen molar-refractivity contribution in [2.45, 2.75) is 6.92 Å². The van der Waals surface area contributed by atoms with Crippen LogP contribution in [0.2, 0.25) is 0 Å². The summed E-state index contributed by atoms with van der Waals surface area (Å²) in [6, 6.07) is 15.2. The zero-order valence-electron chi connectivity index (χ0n) is 10.00. The number of aromatic nitrogens is 2. The monoisotopic (exact) mass is 236 g/mol. The van der Waals surface area contributed by atoms with Crippen LogP contribution in [0.25, 0.3) is 16.6 Å². The molecule has 88 valence electrons. The molecule has 3 nitrogen and oxygen atoms in total. The summed E-state index contributed by atoms with van der Waals surface area (Å²) in [5.74, 6) is 0. The van der Waals surface area contributed by atoms with Crippen molar-refractivity contribution in [3.05, 3.63) is 70.8 Å². The van der Waals surface area contributed by atoms with Crippen LogP contribution < -0.4 is 5.56 Å². The fraction of sp³-hybridized carbons (Fsp3) is 0.0667. The van der Waals surface area contributed by atoms with Crippen LogP contribution in [-0.4, -0.2) is 9.55 Å². The summed E-state index contributed by atoms with van der Waals surface area (Å²) in [7, 11) is 0. The molecule has 0 amide bonds. The first kappa shape index (κ1) is 10.7. The average Bonchev–Trinajstić information content (AvgIpc) is 2.40. The van der Waals surface area contributed by atoms with Crippen LogP contribution in [0, 0.1) is 6.92 Å². The summed E-state index contributed by atoms with van der Waals surface area (Å²) in [5, 5.41) is 0.645. The number of benzene rings is 2. The van der Waals surface area contributed by atoms with Gasteiger partial charge in [-0.3, -0.25) is 9.36 Å². The first-order chi connectivity index (χ1) is 8.75. The average molecular weight is 236 g/mol. The van der Waals surface area contributed by atoms with E-state index in [9.17, 15) is 4.79 Å². The molecule has 3 aromatic rings. The Balaban J connectivity index is 2.31. The van der Waals surface area contributed by atoms with Gasteiger partial charge < -0.3 is 0 Å². The molecular weight excluding hydrogens is 224 g/mol. The molecule has 1 heterocycles. The largest absolute Gasteiger partial charge is 0.268 e. The SMILES string of the molecule is Cc1ccc2c(=O)n(-c3ccccc3)cnc2c1. The minimum absolute atomic E-state index is 0.0359. The van der Waals surface area contributed by atoms with Gasteiger partial charge in [0.05, 0.1) is 16.6 Å². The minimum Gasteiger partial charge on any atom is -0.268 e. The Labute approximate surface area is 104 Å². The molecule has 0 fully saturated rings. The van der Waals surface area contributed by atoms with E-state index < -0.39 is 0 Å². The van der Waals surface area contributed by atoms with Crippen LogP contribution in [0.3, 0.4) is 0 Å². The van der Waals surface area contributed by atoms with E-state index in [0.717, 1.165) is 16.8 Å². The predicted molar refractivity (Wildman–Crippen MR) is 72.1 cm³/mol. The number of aryl methyl sites for hydroxylation is 1. The number of fused-ring (bicyclic) bond motifs is 1. The van der Waals surface area contributed by atoms with Gasteiger partial charge in [-0.25, -0.2) is 4.98 Å².